The van der Waals surface area contributed by atoms with E-state index in [1.807, 2.05) is 6.92 Å². The third kappa shape index (κ3) is 2.49. The van der Waals surface area contributed by atoms with E-state index in [0.29, 0.717) is 18.9 Å². The first kappa shape index (κ1) is 17.6. The summed E-state index contributed by atoms with van der Waals surface area (Å²) in [4.78, 5) is 25.9. The number of aryl methyl sites for hydroxylation is 1. The molecule has 0 radical (unpaired) electrons. The maximum atomic E-state index is 13.4. The van der Waals surface area contributed by atoms with Gasteiger partial charge in [-0.25, -0.2) is 0 Å². The van der Waals surface area contributed by atoms with Crippen molar-refractivity contribution in [1.29, 1.82) is 0 Å². The molecule has 1 heterocycles. The second-order valence-electron chi connectivity index (χ2n) is 9.25. The van der Waals surface area contributed by atoms with Crippen LogP contribution in [0, 0.1) is 18.3 Å². The highest BCUT2D eigenvalue weighted by molar-refractivity contribution is 5.89. The van der Waals surface area contributed by atoms with Gasteiger partial charge in [-0.1, -0.05) is 32.0 Å². The maximum Gasteiger partial charge on any atom is 0.306 e. The van der Waals surface area contributed by atoms with E-state index in [1.54, 1.807) is 0 Å². The Labute approximate surface area is 155 Å². The lowest BCUT2D eigenvalue weighted by Crippen LogP contribution is -2.54. The predicted octanol–water partition coefficient (Wildman–Crippen LogP) is 3.82. The summed E-state index contributed by atoms with van der Waals surface area (Å²) in [7, 11) is 0. The number of hydrogen-bond donors (Lipinski definition) is 1. The Bertz CT molecular complexity index is 771. The fourth-order valence-electron chi connectivity index (χ4n) is 5.86. The van der Waals surface area contributed by atoms with Crippen LogP contribution in [0.3, 0.4) is 0 Å². The number of hydrogen-bond acceptors (Lipinski definition) is 3. The van der Waals surface area contributed by atoms with Crippen LogP contribution in [0.2, 0.25) is 0 Å². The fraction of sp³-hybridized carbons (Fsp3) is 0.636. The number of esters is 1. The van der Waals surface area contributed by atoms with Gasteiger partial charge in [0, 0.05) is 12.0 Å². The molecule has 1 spiro atoms. The van der Waals surface area contributed by atoms with Gasteiger partial charge in [0.05, 0.1) is 12.3 Å². The molecule has 4 atom stereocenters. The zero-order valence-corrected chi connectivity index (χ0v) is 16.2. The predicted molar refractivity (Wildman–Crippen MR) is 99.9 cm³/mol. The normalized spacial score (nSPS) is 34.9. The highest BCUT2D eigenvalue weighted by atomic mass is 16.6. The lowest BCUT2D eigenvalue weighted by atomic mass is 9.56. The zero-order chi connectivity index (χ0) is 18.7. The van der Waals surface area contributed by atoms with Crippen molar-refractivity contribution in [1.82, 2.24) is 5.32 Å². The van der Waals surface area contributed by atoms with Gasteiger partial charge >= 0.3 is 5.97 Å². The lowest BCUT2D eigenvalue weighted by Gasteiger charge is -2.53. The van der Waals surface area contributed by atoms with E-state index in [9.17, 15) is 9.59 Å². The van der Waals surface area contributed by atoms with Gasteiger partial charge in [0.15, 0.2) is 0 Å². The zero-order valence-electron chi connectivity index (χ0n) is 16.2. The van der Waals surface area contributed by atoms with Crippen LogP contribution in [0.5, 0.6) is 0 Å². The third-order valence-corrected chi connectivity index (χ3v) is 6.74. The van der Waals surface area contributed by atoms with Crippen LogP contribution >= 0.6 is 0 Å². The Morgan fingerprint density at radius 3 is 2.88 bits per heavy atom. The van der Waals surface area contributed by atoms with Gasteiger partial charge in [0.1, 0.15) is 5.60 Å². The summed E-state index contributed by atoms with van der Waals surface area (Å²) in [6.07, 6.45) is 2.98. The molecule has 1 aromatic rings. The first-order valence-corrected chi connectivity index (χ1v) is 9.85. The van der Waals surface area contributed by atoms with Crippen molar-refractivity contribution in [2.24, 2.45) is 11.3 Å². The van der Waals surface area contributed by atoms with Crippen LogP contribution in [-0.2, 0) is 14.3 Å². The summed E-state index contributed by atoms with van der Waals surface area (Å²) in [5.74, 6) is 0.354. The monoisotopic (exact) mass is 355 g/mol. The van der Waals surface area contributed by atoms with Crippen molar-refractivity contribution < 1.29 is 14.3 Å². The molecule has 4 nitrogen and oxygen atoms in total. The van der Waals surface area contributed by atoms with Crippen molar-refractivity contribution >= 4 is 11.9 Å². The molecular weight excluding hydrogens is 326 g/mol. The molecule has 2 aliphatic carbocycles. The minimum Gasteiger partial charge on any atom is -0.459 e. The topological polar surface area (TPSA) is 55.4 Å². The summed E-state index contributed by atoms with van der Waals surface area (Å²) in [5.41, 5.74) is 2.84. The Morgan fingerprint density at radius 2 is 2.15 bits per heavy atom. The van der Waals surface area contributed by atoms with Crippen LogP contribution in [0.25, 0.3) is 0 Å². The van der Waals surface area contributed by atoms with Gasteiger partial charge in [-0.2, -0.15) is 0 Å². The average Bonchev–Trinajstić information content (AvgIpc) is 2.80. The van der Waals surface area contributed by atoms with Gasteiger partial charge in [0.25, 0.3) is 0 Å². The van der Waals surface area contributed by atoms with Gasteiger partial charge in [0.2, 0.25) is 5.91 Å². The molecular formula is C22H29NO3. The summed E-state index contributed by atoms with van der Waals surface area (Å²) in [5, 5.41) is 3.16. The van der Waals surface area contributed by atoms with E-state index in [2.05, 4.69) is 44.3 Å². The number of fused-ring (bicyclic) bond motifs is 3. The minimum absolute atomic E-state index is 0.0794. The second kappa shape index (κ2) is 5.83. The maximum absolute atomic E-state index is 13.4. The number of carbonyl (C=O) groups excluding carboxylic acids is 2. The van der Waals surface area contributed by atoms with Gasteiger partial charge in [-0.3, -0.25) is 9.59 Å². The third-order valence-electron chi connectivity index (χ3n) is 6.74. The van der Waals surface area contributed by atoms with Gasteiger partial charge in [-0.15, -0.1) is 0 Å². The van der Waals surface area contributed by atoms with Crippen molar-refractivity contribution in [2.75, 3.05) is 6.54 Å². The summed E-state index contributed by atoms with van der Waals surface area (Å²) >= 11 is 0. The quantitative estimate of drug-likeness (QED) is 0.839. The standard InChI is InChI=1S/C22H29NO3/c1-13(2)11-23-20(25)19-18-14(3)6-5-7-15(18)16-8-9-21(4)12-22(16,19)10-17(24)26-21/h5-7,13,16,19H,8-12H2,1-4H3,(H,23,25)/t16-,19+,21-,22+/m0/s1. The van der Waals surface area contributed by atoms with E-state index < -0.39 is 5.60 Å². The first-order valence-electron chi connectivity index (χ1n) is 9.85. The number of benzene rings is 1. The van der Waals surface area contributed by atoms with Crippen molar-refractivity contribution in [2.45, 2.75) is 70.8 Å². The smallest absolute Gasteiger partial charge is 0.306 e. The molecule has 1 amide bonds. The lowest BCUT2D eigenvalue weighted by molar-refractivity contribution is -0.189. The van der Waals surface area contributed by atoms with Crippen molar-refractivity contribution in [3.8, 4) is 0 Å². The van der Waals surface area contributed by atoms with Crippen LogP contribution in [0.1, 0.15) is 75.0 Å². The van der Waals surface area contributed by atoms with E-state index in [4.69, 9.17) is 4.74 Å². The molecule has 4 heteroatoms. The highest BCUT2D eigenvalue weighted by Gasteiger charge is 2.64. The molecule has 1 saturated carbocycles. The van der Waals surface area contributed by atoms with Crippen LogP contribution < -0.4 is 5.32 Å². The average molecular weight is 355 g/mol. The molecule has 1 saturated heterocycles. The van der Waals surface area contributed by atoms with Gasteiger partial charge < -0.3 is 10.1 Å². The molecule has 0 aromatic heterocycles. The molecule has 1 N–H and O–H groups in total. The fourth-order valence-corrected chi connectivity index (χ4v) is 5.86. The molecule has 1 aliphatic heterocycles. The minimum atomic E-state index is -0.432. The number of ether oxygens (including phenoxy) is 1. The van der Waals surface area contributed by atoms with E-state index >= 15 is 0 Å². The summed E-state index contributed by atoms with van der Waals surface area (Å²) in [6.45, 7) is 9.01. The van der Waals surface area contributed by atoms with E-state index in [-0.39, 0.29) is 29.1 Å². The Hall–Kier alpha value is -1.84. The van der Waals surface area contributed by atoms with E-state index in [1.165, 1.54) is 5.56 Å². The van der Waals surface area contributed by atoms with Crippen molar-refractivity contribution in [3.63, 3.8) is 0 Å². The molecule has 2 bridgehead atoms. The second-order valence-corrected chi connectivity index (χ2v) is 9.25. The number of carbonyl (C=O) groups is 2. The summed E-state index contributed by atoms with van der Waals surface area (Å²) < 4.78 is 5.73. The molecule has 26 heavy (non-hydrogen) atoms. The Morgan fingerprint density at radius 1 is 1.38 bits per heavy atom. The van der Waals surface area contributed by atoms with Crippen molar-refractivity contribution in [3.05, 3.63) is 34.9 Å². The van der Waals surface area contributed by atoms with Crippen LogP contribution in [0.4, 0.5) is 0 Å². The molecule has 2 fully saturated rings. The largest absolute Gasteiger partial charge is 0.459 e. The molecule has 4 rings (SSSR count). The molecule has 140 valence electrons. The Kier molecular flexibility index (Phi) is 3.94. The van der Waals surface area contributed by atoms with E-state index in [0.717, 1.165) is 30.4 Å². The summed E-state index contributed by atoms with van der Waals surface area (Å²) in [6, 6.07) is 6.36. The number of nitrogens with one attached hydrogen (secondary N) is 1. The van der Waals surface area contributed by atoms with Gasteiger partial charge in [-0.05, 0) is 61.6 Å². The van der Waals surface area contributed by atoms with Crippen LogP contribution in [-0.4, -0.2) is 24.0 Å². The first-order chi connectivity index (χ1) is 12.3. The SMILES string of the molecule is Cc1cccc2c1[C@H](C(=O)NCC(C)C)[C@@]13CC(=O)O[C@@](C)(CC[C@@H]21)C3. The van der Waals surface area contributed by atoms with Crippen LogP contribution in [0.15, 0.2) is 18.2 Å². The number of amides is 1. The number of rotatable bonds is 3. The molecule has 3 aliphatic rings. The highest BCUT2D eigenvalue weighted by Crippen LogP contribution is 2.67. The molecule has 0 unspecified atom stereocenters. The Balaban J connectivity index is 1.83. The molecule has 1 aromatic carbocycles.